The Hall–Kier alpha value is -0.950. The Morgan fingerprint density at radius 3 is 2.95 bits per heavy atom. The van der Waals surface area contributed by atoms with Crippen LogP contribution in [0.4, 0.5) is 0 Å². The SMILES string of the molecule is COC(=O)C(NC1CCN(C2CCOCC2)C1)c1ccsc1. The fraction of sp³-hybridized carbons (Fsp3) is 0.688. The highest BCUT2D eigenvalue weighted by Gasteiger charge is 2.32. The quantitative estimate of drug-likeness (QED) is 0.837. The number of nitrogens with zero attached hydrogens (tertiary/aromatic N) is 1. The standard InChI is InChI=1S/C16H24N2O3S/c1-20-16(19)15(12-5-9-22-11-12)17-13-2-6-18(10-13)14-3-7-21-8-4-14/h5,9,11,13-15,17H,2-4,6-8,10H2,1H3. The Labute approximate surface area is 135 Å². The smallest absolute Gasteiger partial charge is 0.327 e. The van der Waals surface area contributed by atoms with E-state index in [1.165, 1.54) is 7.11 Å². The maximum atomic E-state index is 12.1. The lowest BCUT2D eigenvalue weighted by molar-refractivity contribution is -0.143. The predicted molar refractivity (Wildman–Crippen MR) is 86.0 cm³/mol. The molecule has 1 aromatic heterocycles. The van der Waals surface area contributed by atoms with E-state index in [9.17, 15) is 4.79 Å². The van der Waals surface area contributed by atoms with Gasteiger partial charge in [-0.05, 0) is 41.7 Å². The number of likely N-dealkylation sites (tertiary alicyclic amines) is 1. The molecular weight excluding hydrogens is 300 g/mol. The summed E-state index contributed by atoms with van der Waals surface area (Å²) in [5, 5.41) is 7.51. The number of nitrogens with one attached hydrogen (secondary N) is 1. The first-order chi connectivity index (χ1) is 10.8. The molecule has 1 N–H and O–H groups in total. The molecule has 1 aromatic rings. The van der Waals surface area contributed by atoms with Gasteiger partial charge in [-0.1, -0.05) is 0 Å². The van der Waals surface area contributed by atoms with E-state index in [-0.39, 0.29) is 12.0 Å². The lowest BCUT2D eigenvalue weighted by Gasteiger charge is -2.31. The zero-order valence-electron chi connectivity index (χ0n) is 13.0. The van der Waals surface area contributed by atoms with Gasteiger partial charge in [0.2, 0.25) is 0 Å². The number of hydrogen-bond acceptors (Lipinski definition) is 6. The second kappa shape index (κ2) is 7.55. The minimum absolute atomic E-state index is 0.206. The van der Waals surface area contributed by atoms with Gasteiger partial charge in [-0.25, -0.2) is 4.79 Å². The number of esters is 1. The summed E-state index contributed by atoms with van der Waals surface area (Å²) in [6.45, 7) is 3.85. The third kappa shape index (κ3) is 3.68. The lowest BCUT2D eigenvalue weighted by Crippen LogP contribution is -2.42. The van der Waals surface area contributed by atoms with Crippen molar-refractivity contribution >= 4 is 17.3 Å². The van der Waals surface area contributed by atoms with Gasteiger partial charge in [-0.15, -0.1) is 0 Å². The van der Waals surface area contributed by atoms with E-state index in [4.69, 9.17) is 9.47 Å². The highest BCUT2D eigenvalue weighted by atomic mass is 32.1. The Morgan fingerprint density at radius 1 is 1.45 bits per heavy atom. The van der Waals surface area contributed by atoms with Crippen LogP contribution in [-0.2, 0) is 14.3 Å². The molecule has 2 atom stereocenters. The summed E-state index contributed by atoms with van der Waals surface area (Å²) in [7, 11) is 1.45. The maximum absolute atomic E-state index is 12.1. The molecule has 0 aromatic carbocycles. The molecule has 2 fully saturated rings. The molecule has 0 spiro atoms. The molecular formula is C16H24N2O3S. The topological polar surface area (TPSA) is 50.8 Å². The number of thiophene rings is 1. The van der Waals surface area contributed by atoms with Gasteiger partial charge in [-0.3, -0.25) is 10.2 Å². The van der Waals surface area contributed by atoms with Crippen LogP contribution in [0.5, 0.6) is 0 Å². The molecule has 2 aliphatic heterocycles. The van der Waals surface area contributed by atoms with Gasteiger partial charge < -0.3 is 9.47 Å². The highest BCUT2D eigenvalue weighted by molar-refractivity contribution is 7.08. The average Bonchev–Trinajstić information content (AvgIpc) is 3.24. The molecule has 0 amide bonds. The molecule has 0 radical (unpaired) electrons. The minimum Gasteiger partial charge on any atom is -0.468 e. The second-order valence-corrected chi connectivity index (χ2v) is 6.78. The molecule has 3 rings (SSSR count). The predicted octanol–water partition coefficient (Wildman–Crippen LogP) is 1.81. The van der Waals surface area contributed by atoms with E-state index in [2.05, 4.69) is 10.2 Å². The van der Waals surface area contributed by atoms with E-state index >= 15 is 0 Å². The Balaban J connectivity index is 1.58. The van der Waals surface area contributed by atoms with Gasteiger partial charge in [0, 0.05) is 38.4 Å². The number of hydrogen-bond donors (Lipinski definition) is 1. The van der Waals surface area contributed by atoms with E-state index in [1.807, 2.05) is 16.8 Å². The number of methoxy groups -OCH3 is 1. The zero-order chi connectivity index (χ0) is 15.4. The first kappa shape index (κ1) is 15.9. The van der Waals surface area contributed by atoms with Crippen molar-refractivity contribution in [2.24, 2.45) is 0 Å². The van der Waals surface area contributed by atoms with Gasteiger partial charge in [-0.2, -0.15) is 11.3 Å². The molecule has 122 valence electrons. The van der Waals surface area contributed by atoms with Crippen molar-refractivity contribution in [1.29, 1.82) is 0 Å². The third-order valence-electron chi connectivity index (χ3n) is 4.64. The molecule has 22 heavy (non-hydrogen) atoms. The summed E-state index contributed by atoms with van der Waals surface area (Å²) in [4.78, 5) is 14.6. The fourth-order valence-electron chi connectivity index (χ4n) is 3.40. The van der Waals surface area contributed by atoms with Crippen molar-refractivity contribution in [3.8, 4) is 0 Å². The van der Waals surface area contributed by atoms with Crippen molar-refractivity contribution in [2.75, 3.05) is 33.4 Å². The Morgan fingerprint density at radius 2 is 2.27 bits per heavy atom. The lowest BCUT2D eigenvalue weighted by atomic mass is 10.1. The number of carbonyl (C=O) groups is 1. The number of ether oxygens (including phenoxy) is 2. The molecule has 0 aliphatic carbocycles. The number of carbonyl (C=O) groups excluding carboxylic acids is 1. The molecule has 6 heteroatoms. The monoisotopic (exact) mass is 324 g/mol. The van der Waals surface area contributed by atoms with Gasteiger partial charge in [0.1, 0.15) is 6.04 Å². The first-order valence-corrected chi connectivity index (χ1v) is 8.90. The van der Waals surface area contributed by atoms with Crippen LogP contribution in [0, 0.1) is 0 Å². The van der Waals surface area contributed by atoms with Crippen LogP contribution in [0.1, 0.15) is 30.9 Å². The summed E-state index contributed by atoms with van der Waals surface area (Å²) in [6, 6.07) is 2.62. The zero-order valence-corrected chi connectivity index (χ0v) is 13.8. The van der Waals surface area contributed by atoms with Crippen molar-refractivity contribution in [3.63, 3.8) is 0 Å². The van der Waals surface area contributed by atoms with Crippen LogP contribution < -0.4 is 5.32 Å². The Bertz CT molecular complexity index is 474. The van der Waals surface area contributed by atoms with Crippen LogP contribution in [0.3, 0.4) is 0 Å². The normalized spacial score (nSPS) is 25.2. The van der Waals surface area contributed by atoms with Crippen molar-refractivity contribution in [3.05, 3.63) is 22.4 Å². The van der Waals surface area contributed by atoms with E-state index in [0.717, 1.165) is 51.1 Å². The van der Waals surface area contributed by atoms with Gasteiger partial charge in [0.25, 0.3) is 0 Å². The maximum Gasteiger partial charge on any atom is 0.327 e. The van der Waals surface area contributed by atoms with Crippen LogP contribution in [-0.4, -0.2) is 56.4 Å². The molecule has 3 heterocycles. The van der Waals surface area contributed by atoms with Crippen LogP contribution in [0.25, 0.3) is 0 Å². The minimum atomic E-state index is -0.351. The summed E-state index contributed by atoms with van der Waals surface area (Å²) in [5.41, 5.74) is 1.00. The largest absolute Gasteiger partial charge is 0.468 e. The van der Waals surface area contributed by atoms with E-state index < -0.39 is 0 Å². The molecule has 0 bridgehead atoms. The van der Waals surface area contributed by atoms with Gasteiger partial charge >= 0.3 is 5.97 Å². The fourth-order valence-corrected chi connectivity index (χ4v) is 4.08. The molecule has 2 saturated heterocycles. The third-order valence-corrected chi connectivity index (χ3v) is 5.34. The average molecular weight is 324 g/mol. The van der Waals surface area contributed by atoms with Gasteiger partial charge in [0.15, 0.2) is 0 Å². The van der Waals surface area contributed by atoms with Crippen molar-refractivity contribution in [1.82, 2.24) is 10.2 Å². The molecule has 2 aliphatic rings. The molecule has 5 nitrogen and oxygen atoms in total. The summed E-state index contributed by atoms with van der Waals surface area (Å²) in [6.07, 6.45) is 3.32. The number of rotatable bonds is 5. The summed E-state index contributed by atoms with van der Waals surface area (Å²) < 4.78 is 10.4. The second-order valence-electron chi connectivity index (χ2n) is 6.00. The van der Waals surface area contributed by atoms with Crippen LogP contribution >= 0.6 is 11.3 Å². The highest BCUT2D eigenvalue weighted by Crippen LogP contribution is 2.24. The Kier molecular flexibility index (Phi) is 5.46. The van der Waals surface area contributed by atoms with Gasteiger partial charge in [0.05, 0.1) is 7.11 Å². The van der Waals surface area contributed by atoms with Crippen LogP contribution in [0.2, 0.25) is 0 Å². The van der Waals surface area contributed by atoms with E-state index in [0.29, 0.717) is 12.1 Å². The molecule has 0 saturated carbocycles. The van der Waals surface area contributed by atoms with E-state index in [1.54, 1.807) is 11.3 Å². The first-order valence-electron chi connectivity index (χ1n) is 7.95. The summed E-state index contributed by atoms with van der Waals surface area (Å²) >= 11 is 1.60. The van der Waals surface area contributed by atoms with Crippen molar-refractivity contribution < 1.29 is 14.3 Å². The summed E-state index contributed by atoms with van der Waals surface area (Å²) in [5.74, 6) is -0.206. The molecule has 2 unspecified atom stereocenters. The van der Waals surface area contributed by atoms with Crippen LogP contribution in [0.15, 0.2) is 16.8 Å². The van der Waals surface area contributed by atoms with Crippen molar-refractivity contribution in [2.45, 2.75) is 37.4 Å².